The molecule has 4 N–H and O–H groups in total. The van der Waals surface area contributed by atoms with Crippen LogP contribution in [-0.4, -0.2) is 22.9 Å². The van der Waals surface area contributed by atoms with Crippen molar-refractivity contribution in [2.45, 2.75) is 57.7 Å². The molecule has 1 aromatic carbocycles. The summed E-state index contributed by atoms with van der Waals surface area (Å²) in [6, 6.07) is 1.90. The first-order chi connectivity index (χ1) is 10.1. The molecule has 0 amide bonds. The van der Waals surface area contributed by atoms with Crippen LogP contribution in [0, 0.1) is 12.8 Å². The molecule has 0 radical (unpaired) electrons. The monoisotopic (exact) mass is 327 g/mol. The van der Waals surface area contributed by atoms with E-state index in [1.807, 2.05) is 6.07 Å². The third-order valence-corrected chi connectivity index (χ3v) is 5.09. The highest BCUT2D eigenvalue weighted by Gasteiger charge is 2.35. The van der Waals surface area contributed by atoms with Crippen LogP contribution < -0.4 is 5.73 Å². The van der Waals surface area contributed by atoms with Crippen LogP contribution in [0.3, 0.4) is 0 Å². The average Bonchev–Trinajstić information content (AvgIpc) is 2.53. The van der Waals surface area contributed by atoms with Crippen LogP contribution in [0.2, 0.25) is 0 Å². The van der Waals surface area contributed by atoms with E-state index in [2.05, 4.69) is 0 Å². The van der Waals surface area contributed by atoms with Gasteiger partial charge in [0.05, 0.1) is 12.2 Å². The summed E-state index contributed by atoms with van der Waals surface area (Å²) in [6.45, 7) is 2.19. The standard InChI is InChI=1S/C17H25NO3.ClH/c1-10-7-12-13(17(20)16(10)19)8-14(21-15(12)9-18)11-5-3-2-4-6-11;/h7,11,14-15,19-20H,2-6,8-9,18H2,1H3;1H. The van der Waals surface area contributed by atoms with E-state index in [1.54, 1.807) is 6.92 Å². The van der Waals surface area contributed by atoms with Gasteiger partial charge in [-0.1, -0.05) is 19.3 Å². The van der Waals surface area contributed by atoms with E-state index in [9.17, 15) is 10.2 Å². The van der Waals surface area contributed by atoms with Gasteiger partial charge in [0, 0.05) is 18.5 Å². The maximum absolute atomic E-state index is 10.3. The number of hydrogen-bond acceptors (Lipinski definition) is 4. The average molecular weight is 328 g/mol. The van der Waals surface area contributed by atoms with Crippen molar-refractivity contribution in [1.29, 1.82) is 0 Å². The molecule has 4 nitrogen and oxygen atoms in total. The molecule has 124 valence electrons. The molecule has 22 heavy (non-hydrogen) atoms. The first kappa shape index (κ1) is 17.4. The number of aromatic hydroxyl groups is 2. The molecule has 0 saturated heterocycles. The van der Waals surface area contributed by atoms with Gasteiger partial charge in [0.25, 0.3) is 0 Å². The second-order valence-corrected chi connectivity index (χ2v) is 6.46. The summed E-state index contributed by atoms with van der Waals surface area (Å²) < 4.78 is 6.23. The van der Waals surface area contributed by atoms with Gasteiger partial charge in [0.15, 0.2) is 11.5 Å². The number of phenolic OH excluding ortho intramolecular Hbond substituents is 2. The summed E-state index contributed by atoms with van der Waals surface area (Å²) >= 11 is 0. The van der Waals surface area contributed by atoms with Crippen LogP contribution in [-0.2, 0) is 11.2 Å². The molecule has 1 heterocycles. The quantitative estimate of drug-likeness (QED) is 0.728. The smallest absolute Gasteiger partial charge is 0.161 e. The summed E-state index contributed by atoms with van der Waals surface area (Å²) in [5.41, 5.74) is 8.32. The normalized spacial score (nSPS) is 25.4. The molecule has 1 aliphatic carbocycles. The van der Waals surface area contributed by atoms with Crippen LogP contribution in [0.25, 0.3) is 0 Å². The van der Waals surface area contributed by atoms with E-state index in [1.165, 1.54) is 32.1 Å². The van der Waals surface area contributed by atoms with E-state index in [0.29, 0.717) is 24.4 Å². The van der Waals surface area contributed by atoms with Crippen molar-refractivity contribution in [1.82, 2.24) is 0 Å². The highest BCUT2D eigenvalue weighted by atomic mass is 35.5. The number of halogens is 1. The van der Waals surface area contributed by atoms with E-state index in [-0.39, 0.29) is 36.1 Å². The molecule has 0 bridgehead atoms. The second kappa shape index (κ2) is 7.07. The van der Waals surface area contributed by atoms with Gasteiger partial charge in [-0.15, -0.1) is 12.4 Å². The molecule has 1 fully saturated rings. The lowest BCUT2D eigenvalue weighted by atomic mass is 9.80. The summed E-state index contributed by atoms with van der Waals surface area (Å²) in [4.78, 5) is 0. The Kier molecular flexibility index (Phi) is 5.59. The van der Waals surface area contributed by atoms with Crippen LogP contribution in [0.1, 0.15) is 54.9 Å². The maximum Gasteiger partial charge on any atom is 0.161 e. The molecule has 1 aromatic rings. The fourth-order valence-electron chi connectivity index (χ4n) is 3.86. The van der Waals surface area contributed by atoms with E-state index in [0.717, 1.165) is 11.1 Å². The molecule has 1 saturated carbocycles. The largest absolute Gasteiger partial charge is 0.504 e. The van der Waals surface area contributed by atoms with Gasteiger partial charge in [-0.3, -0.25) is 0 Å². The Morgan fingerprint density at radius 3 is 2.50 bits per heavy atom. The number of benzene rings is 1. The molecule has 1 aliphatic heterocycles. The molecule has 5 heteroatoms. The number of fused-ring (bicyclic) bond motifs is 1. The van der Waals surface area contributed by atoms with Gasteiger partial charge in [-0.25, -0.2) is 0 Å². The molecule has 2 aliphatic rings. The number of hydrogen-bond donors (Lipinski definition) is 3. The predicted octanol–water partition coefficient (Wildman–Crippen LogP) is 3.35. The minimum Gasteiger partial charge on any atom is -0.504 e. The van der Waals surface area contributed by atoms with Crippen molar-refractivity contribution in [3.63, 3.8) is 0 Å². The molecule has 2 unspecified atom stereocenters. The predicted molar refractivity (Wildman–Crippen MR) is 88.7 cm³/mol. The molecular weight excluding hydrogens is 302 g/mol. The fraction of sp³-hybridized carbons (Fsp3) is 0.647. The van der Waals surface area contributed by atoms with Crippen LogP contribution >= 0.6 is 12.4 Å². The summed E-state index contributed by atoms with van der Waals surface area (Å²) in [7, 11) is 0. The second-order valence-electron chi connectivity index (χ2n) is 6.46. The zero-order chi connectivity index (χ0) is 15.0. The first-order valence-electron chi connectivity index (χ1n) is 8.01. The van der Waals surface area contributed by atoms with Gasteiger partial charge < -0.3 is 20.7 Å². The molecular formula is C17H26ClNO3. The summed E-state index contributed by atoms with van der Waals surface area (Å²) in [6.07, 6.45) is 6.82. The van der Waals surface area contributed by atoms with Gasteiger partial charge >= 0.3 is 0 Å². The molecule has 2 atom stereocenters. The number of rotatable bonds is 2. The van der Waals surface area contributed by atoms with Gasteiger partial charge in [-0.05, 0) is 42.9 Å². The Bertz CT molecular complexity index is 529. The minimum absolute atomic E-state index is 0. The van der Waals surface area contributed by atoms with Gasteiger partial charge in [0.1, 0.15) is 0 Å². The van der Waals surface area contributed by atoms with Crippen molar-refractivity contribution in [2.24, 2.45) is 11.7 Å². The Balaban J connectivity index is 0.00000176. The van der Waals surface area contributed by atoms with Gasteiger partial charge in [0.2, 0.25) is 0 Å². The maximum atomic E-state index is 10.3. The van der Waals surface area contributed by atoms with Crippen LogP contribution in [0.4, 0.5) is 0 Å². The van der Waals surface area contributed by atoms with Crippen molar-refractivity contribution >= 4 is 12.4 Å². The zero-order valence-electron chi connectivity index (χ0n) is 13.0. The van der Waals surface area contributed by atoms with E-state index >= 15 is 0 Å². The topological polar surface area (TPSA) is 75.7 Å². The lowest BCUT2D eigenvalue weighted by Crippen LogP contribution is -2.36. The van der Waals surface area contributed by atoms with Crippen molar-refractivity contribution < 1.29 is 14.9 Å². The third kappa shape index (κ3) is 3.05. The lowest BCUT2D eigenvalue weighted by molar-refractivity contribution is -0.0595. The Hall–Kier alpha value is -0.970. The van der Waals surface area contributed by atoms with E-state index in [4.69, 9.17) is 10.5 Å². The van der Waals surface area contributed by atoms with E-state index < -0.39 is 0 Å². The Morgan fingerprint density at radius 2 is 1.86 bits per heavy atom. The molecule has 3 rings (SSSR count). The Labute approximate surface area is 138 Å². The van der Waals surface area contributed by atoms with Crippen molar-refractivity contribution in [3.05, 3.63) is 22.8 Å². The number of phenols is 2. The molecule has 0 aromatic heterocycles. The lowest BCUT2D eigenvalue weighted by Gasteiger charge is -2.38. The van der Waals surface area contributed by atoms with Gasteiger partial charge in [-0.2, -0.15) is 0 Å². The number of ether oxygens (including phenoxy) is 1. The Morgan fingerprint density at radius 1 is 1.18 bits per heavy atom. The number of nitrogens with two attached hydrogens (primary N) is 1. The van der Waals surface area contributed by atoms with Crippen molar-refractivity contribution in [3.8, 4) is 11.5 Å². The summed E-state index contributed by atoms with van der Waals surface area (Å²) in [5.74, 6) is 0.560. The number of aryl methyl sites for hydroxylation is 1. The summed E-state index contributed by atoms with van der Waals surface area (Å²) in [5, 5.41) is 20.3. The van der Waals surface area contributed by atoms with Crippen LogP contribution in [0.15, 0.2) is 6.07 Å². The zero-order valence-corrected chi connectivity index (χ0v) is 13.9. The van der Waals surface area contributed by atoms with Crippen molar-refractivity contribution in [2.75, 3.05) is 6.54 Å². The minimum atomic E-state index is -0.175. The third-order valence-electron chi connectivity index (χ3n) is 5.09. The van der Waals surface area contributed by atoms with Crippen LogP contribution in [0.5, 0.6) is 11.5 Å². The molecule has 0 spiro atoms. The SMILES string of the molecule is Cc1cc2c(c(O)c1O)CC(C1CCCCC1)OC2CN.Cl. The highest BCUT2D eigenvalue weighted by Crippen LogP contribution is 2.44. The fourth-order valence-corrected chi connectivity index (χ4v) is 3.86. The highest BCUT2D eigenvalue weighted by molar-refractivity contribution is 5.85. The first-order valence-corrected chi connectivity index (χ1v) is 8.01.